The van der Waals surface area contributed by atoms with Gasteiger partial charge in [-0.05, 0) is 54.7 Å². The van der Waals surface area contributed by atoms with Crippen LogP contribution in [0.4, 0.5) is 0 Å². The van der Waals surface area contributed by atoms with Gasteiger partial charge in [-0.1, -0.05) is 93.1 Å². The van der Waals surface area contributed by atoms with E-state index in [0.29, 0.717) is 23.8 Å². The Morgan fingerprint density at radius 2 is 1.70 bits per heavy atom. The molecule has 2 aromatic carbocycles. The van der Waals surface area contributed by atoms with Gasteiger partial charge in [0.25, 0.3) is 11.8 Å². The van der Waals surface area contributed by atoms with E-state index in [1.54, 1.807) is 11.3 Å². The summed E-state index contributed by atoms with van der Waals surface area (Å²) in [6.45, 7) is 2.83. The van der Waals surface area contributed by atoms with Gasteiger partial charge in [0.15, 0.2) is 5.54 Å². The van der Waals surface area contributed by atoms with Gasteiger partial charge in [-0.15, -0.1) is 11.3 Å². The Hall–Kier alpha value is -3.09. The molecule has 1 N–H and O–H groups in total. The highest BCUT2D eigenvalue weighted by Gasteiger charge is 2.53. The van der Waals surface area contributed by atoms with Crippen molar-refractivity contribution in [2.24, 2.45) is 0 Å². The fourth-order valence-corrected chi connectivity index (χ4v) is 7.58. The number of thiophene rings is 1. The van der Waals surface area contributed by atoms with Gasteiger partial charge in [0.2, 0.25) is 0 Å². The Balaban J connectivity index is 1.50. The Morgan fingerprint density at radius 3 is 2.40 bits per heavy atom. The lowest BCUT2D eigenvalue weighted by Crippen LogP contribution is -2.64. The lowest BCUT2D eigenvalue weighted by molar-refractivity contribution is -0.136. The molecule has 1 saturated carbocycles. The lowest BCUT2D eigenvalue weighted by atomic mass is 9.83. The molecule has 1 aliphatic carbocycles. The maximum atomic E-state index is 14.8. The number of carbonyl (C=O) groups excluding carboxylic acids is 2. The molecule has 6 rings (SSSR count). The summed E-state index contributed by atoms with van der Waals surface area (Å²) in [5.74, 6) is -0.218. The fourth-order valence-electron chi connectivity index (χ4n) is 6.41. The minimum atomic E-state index is -1.20. The molecule has 0 bridgehead atoms. The summed E-state index contributed by atoms with van der Waals surface area (Å²) < 4.78 is 3.19. The molecule has 0 radical (unpaired) electrons. The third-order valence-corrected chi connectivity index (χ3v) is 10.1. The Labute approximate surface area is 245 Å². The normalized spacial score (nSPS) is 20.2. The summed E-state index contributed by atoms with van der Waals surface area (Å²) in [4.78, 5) is 32.4. The summed E-state index contributed by atoms with van der Waals surface area (Å²) in [5, 5.41) is 4.11. The average molecular weight is 574 g/mol. The van der Waals surface area contributed by atoms with E-state index in [1.165, 1.54) is 24.1 Å². The Morgan fingerprint density at radius 1 is 1.00 bits per heavy atom. The number of halogens is 1. The first-order chi connectivity index (χ1) is 19.5. The number of hydrogen-bond donors (Lipinski definition) is 1. The van der Waals surface area contributed by atoms with Gasteiger partial charge in [-0.3, -0.25) is 9.59 Å². The fraction of sp³-hybridized carbons (Fsp3) is 0.394. The SMILES string of the molecule is CCc1cc2c(cc3n2CC(C(=O)NC2CCCCCCC2)(c2ccccc2)N(Cc2ccc(Cl)cc2)C3=O)s1. The first kappa shape index (κ1) is 27.1. The molecule has 0 spiro atoms. The van der Waals surface area contributed by atoms with Gasteiger partial charge in [0, 0.05) is 22.5 Å². The van der Waals surface area contributed by atoms with Crippen LogP contribution < -0.4 is 5.32 Å². The number of nitrogens with one attached hydrogen (secondary N) is 1. The molecule has 5 nitrogen and oxygen atoms in total. The van der Waals surface area contributed by atoms with Crippen molar-refractivity contribution in [1.29, 1.82) is 0 Å². The number of benzene rings is 2. The number of carbonyl (C=O) groups is 2. The van der Waals surface area contributed by atoms with Crippen molar-refractivity contribution in [3.8, 4) is 0 Å². The van der Waals surface area contributed by atoms with Crippen LogP contribution in [0.25, 0.3) is 10.2 Å². The van der Waals surface area contributed by atoms with Gasteiger partial charge in [-0.25, -0.2) is 0 Å². The summed E-state index contributed by atoms with van der Waals surface area (Å²) in [6.07, 6.45) is 8.82. The molecule has 3 heterocycles. The lowest BCUT2D eigenvalue weighted by Gasteiger charge is -2.47. The summed E-state index contributed by atoms with van der Waals surface area (Å²) in [7, 11) is 0. The van der Waals surface area contributed by atoms with E-state index in [1.807, 2.05) is 65.6 Å². The maximum absolute atomic E-state index is 14.8. The number of rotatable bonds is 6. The number of nitrogens with zero attached hydrogens (tertiary/aromatic N) is 2. The van der Waals surface area contributed by atoms with Gasteiger partial charge in [0.05, 0.1) is 16.8 Å². The molecule has 208 valence electrons. The molecule has 4 aromatic rings. The van der Waals surface area contributed by atoms with Crippen molar-refractivity contribution < 1.29 is 9.59 Å². The highest BCUT2D eigenvalue weighted by Crippen LogP contribution is 2.42. The van der Waals surface area contributed by atoms with Crippen molar-refractivity contribution in [2.45, 2.75) is 83.0 Å². The molecule has 1 unspecified atom stereocenters. The molecule has 0 saturated heterocycles. The first-order valence-electron chi connectivity index (χ1n) is 14.5. The zero-order chi connectivity index (χ0) is 27.7. The molecule has 1 fully saturated rings. The second kappa shape index (κ2) is 11.4. The van der Waals surface area contributed by atoms with Gasteiger partial charge in [0.1, 0.15) is 5.69 Å². The molecular formula is C33H36ClN3O2S. The van der Waals surface area contributed by atoms with Crippen LogP contribution in [-0.2, 0) is 29.8 Å². The van der Waals surface area contributed by atoms with Crippen LogP contribution in [0.1, 0.15) is 78.4 Å². The molecule has 2 aliphatic rings. The molecule has 2 amide bonds. The van der Waals surface area contributed by atoms with Crippen molar-refractivity contribution in [3.05, 3.63) is 93.5 Å². The standard InChI is InChI=1S/C33H36ClN3O2S/c1-2-27-19-28-30(40-27)20-29-31(38)37(21-23-15-17-25(34)18-16-23)33(22-36(28)29,24-11-7-6-8-12-24)32(39)35-26-13-9-4-3-5-10-14-26/h6-8,11-12,15-20,26H,2-5,9-10,13-14,21-22H2,1H3,(H,35,39). The maximum Gasteiger partial charge on any atom is 0.272 e. The van der Waals surface area contributed by atoms with E-state index in [-0.39, 0.29) is 17.9 Å². The third kappa shape index (κ3) is 4.97. The number of hydrogen-bond acceptors (Lipinski definition) is 3. The van der Waals surface area contributed by atoms with E-state index in [4.69, 9.17) is 11.6 Å². The molecule has 1 atom stereocenters. The van der Waals surface area contributed by atoms with Crippen LogP contribution in [0, 0.1) is 0 Å². The average Bonchev–Trinajstić information content (AvgIpc) is 3.51. The third-order valence-electron chi connectivity index (χ3n) is 8.62. The smallest absolute Gasteiger partial charge is 0.272 e. The second-order valence-electron chi connectivity index (χ2n) is 11.2. The number of amides is 2. The van der Waals surface area contributed by atoms with Gasteiger partial charge < -0.3 is 14.8 Å². The van der Waals surface area contributed by atoms with Crippen LogP contribution in [0.3, 0.4) is 0 Å². The Bertz CT molecular complexity index is 1500. The zero-order valence-electron chi connectivity index (χ0n) is 23.0. The topological polar surface area (TPSA) is 54.3 Å². The van der Waals surface area contributed by atoms with Crippen LogP contribution in [0.2, 0.25) is 5.02 Å². The van der Waals surface area contributed by atoms with Crippen molar-refractivity contribution >= 4 is 45.0 Å². The zero-order valence-corrected chi connectivity index (χ0v) is 24.6. The predicted octanol–water partition coefficient (Wildman–Crippen LogP) is 7.70. The monoisotopic (exact) mass is 573 g/mol. The molecular weight excluding hydrogens is 538 g/mol. The number of aryl methyl sites for hydroxylation is 1. The first-order valence-corrected chi connectivity index (χ1v) is 15.7. The highest BCUT2D eigenvalue weighted by atomic mass is 35.5. The second-order valence-corrected chi connectivity index (χ2v) is 12.8. The van der Waals surface area contributed by atoms with E-state index >= 15 is 0 Å². The summed E-state index contributed by atoms with van der Waals surface area (Å²) in [6, 6.07) is 21.8. The van der Waals surface area contributed by atoms with E-state index in [2.05, 4.69) is 22.9 Å². The molecule has 40 heavy (non-hydrogen) atoms. The molecule has 7 heteroatoms. The molecule has 2 aromatic heterocycles. The van der Waals surface area contributed by atoms with Crippen molar-refractivity contribution in [1.82, 2.24) is 14.8 Å². The van der Waals surface area contributed by atoms with Crippen LogP contribution >= 0.6 is 22.9 Å². The van der Waals surface area contributed by atoms with Crippen LogP contribution in [0.5, 0.6) is 0 Å². The Kier molecular flexibility index (Phi) is 7.74. The highest BCUT2D eigenvalue weighted by molar-refractivity contribution is 7.19. The number of fused-ring (bicyclic) bond motifs is 3. The quantitative estimate of drug-likeness (QED) is 0.257. The minimum Gasteiger partial charge on any atom is -0.351 e. The van der Waals surface area contributed by atoms with Crippen LogP contribution in [-0.4, -0.2) is 27.3 Å². The van der Waals surface area contributed by atoms with Crippen LogP contribution in [0.15, 0.2) is 66.7 Å². The van der Waals surface area contributed by atoms with Crippen molar-refractivity contribution in [3.63, 3.8) is 0 Å². The van der Waals surface area contributed by atoms with E-state index < -0.39 is 5.54 Å². The van der Waals surface area contributed by atoms with Crippen molar-refractivity contribution in [2.75, 3.05) is 0 Å². The largest absolute Gasteiger partial charge is 0.351 e. The number of aromatic nitrogens is 1. The predicted molar refractivity (Wildman–Crippen MR) is 163 cm³/mol. The summed E-state index contributed by atoms with van der Waals surface area (Å²) >= 11 is 7.93. The summed E-state index contributed by atoms with van der Waals surface area (Å²) in [5.41, 5.74) is 2.25. The minimum absolute atomic E-state index is 0.0926. The van der Waals surface area contributed by atoms with E-state index in [9.17, 15) is 9.59 Å². The van der Waals surface area contributed by atoms with E-state index in [0.717, 1.165) is 53.4 Å². The van der Waals surface area contributed by atoms with Gasteiger partial charge in [-0.2, -0.15) is 0 Å². The molecule has 1 aliphatic heterocycles. The van der Waals surface area contributed by atoms with Gasteiger partial charge >= 0.3 is 0 Å².